The molecule has 0 bridgehead atoms. The Bertz CT molecular complexity index is 1310. The summed E-state index contributed by atoms with van der Waals surface area (Å²) >= 11 is 0. The average molecular weight is 523 g/mol. The third-order valence-electron chi connectivity index (χ3n) is 7.23. The van der Waals surface area contributed by atoms with E-state index >= 15 is 4.39 Å². The molecule has 0 N–H and O–H groups in total. The van der Waals surface area contributed by atoms with Crippen molar-refractivity contribution in [3.8, 4) is 5.75 Å². The number of Topliss-reactive ketones (excluding diaryl/α,β-unsaturated/α-hetero) is 1. The van der Waals surface area contributed by atoms with Gasteiger partial charge in [-0.15, -0.1) is 0 Å². The van der Waals surface area contributed by atoms with Crippen molar-refractivity contribution in [3.05, 3.63) is 59.7 Å². The van der Waals surface area contributed by atoms with Gasteiger partial charge >= 0.3 is 0 Å². The zero-order valence-electron chi connectivity index (χ0n) is 20.5. The summed E-state index contributed by atoms with van der Waals surface area (Å²) in [4.78, 5) is 19.1. The smallest absolute Gasteiger partial charge is 0.272 e. The number of hydrogen-bond donors (Lipinski definition) is 0. The number of carbonyl (C=O) groups is 1. The highest BCUT2D eigenvalue weighted by Crippen LogP contribution is 2.51. The Morgan fingerprint density at radius 2 is 1.86 bits per heavy atom. The Hall–Kier alpha value is -2.88. The molecule has 1 saturated heterocycles. The number of ketones is 1. The molecule has 0 aliphatic carbocycles. The number of halogens is 3. The number of nitrogens with zero attached hydrogens (tertiary/aromatic N) is 2. The largest absolute Gasteiger partial charge is 0.487 e. The summed E-state index contributed by atoms with van der Waals surface area (Å²) in [5.41, 5.74) is 0.462. The molecule has 36 heavy (non-hydrogen) atoms. The van der Waals surface area contributed by atoms with E-state index in [-0.39, 0.29) is 35.0 Å². The maximum Gasteiger partial charge on any atom is 0.272 e. The van der Waals surface area contributed by atoms with Crippen molar-refractivity contribution in [1.82, 2.24) is 4.98 Å². The van der Waals surface area contributed by atoms with Crippen LogP contribution in [0.1, 0.15) is 56.0 Å². The summed E-state index contributed by atoms with van der Waals surface area (Å²) in [7, 11) is -3.09. The van der Waals surface area contributed by atoms with Crippen LogP contribution in [0.5, 0.6) is 5.75 Å². The quantitative estimate of drug-likeness (QED) is 0.441. The van der Waals surface area contributed by atoms with Crippen molar-refractivity contribution in [2.45, 2.75) is 51.9 Å². The Morgan fingerprint density at radius 1 is 1.19 bits per heavy atom. The van der Waals surface area contributed by atoms with E-state index in [2.05, 4.69) is 11.6 Å². The van der Waals surface area contributed by atoms with Crippen LogP contribution in [0.2, 0.25) is 0 Å². The number of sulfone groups is 1. The average Bonchev–Trinajstić information content (AvgIpc) is 2.99. The highest BCUT2D eigenvalue weighted by molar-refractivity contribution is 7.91. The minimum absolute atomic E-state index is 0.0261. The normalized spacial score (nSPS) is 19.9. The van der Waals surface area contributed by atoms with Crippen molar-refractivity contribution in [3.63, 3.8) is 0 Å². The summed E-state index contributed by atoms with van der Waals surface area (Å²) < 4.78 is 69.2. The van der Waals surface area contributed by atoms with Crippen molar-refractivity contribution in [1.29, 1.82) is 0 Å². The Kier molecular flexibility index (Phi) is 6.70. The van der Waals surface area contributed by atoms with Crippen LogP contribution >= 0.6 is 0 Å². The number of fused-ring (bicyclic) bond motifs is 1. The van der Waals surface area contributed by atoms with E-state index in [1.165, 1.54) is 30.5 Å². The van der Waals surface area contributed by atoms with Gasteiger partial charge in [0.2, 0.25) is 0 Å². The van der Waals surface area contributed by atoms with Gasteiger partial charge in [-0.25, -0.2) is 26.6 Å². The van der Waals surface area contributed by atoms with Crippen molar-refractivity contribution < 1.29 is 31.1 Å². The Morgan fingerprint density at radius 3 is 2.50 bits per heavy atom. The van der Waals surface area contributed by atoms with E-state index in [1.54, 1.807) is 4.90 Å². The number of rotatable bonds is 7. The summed E-state index contributed by atoms with van der Waals surface area (Å²) in [6, 6.07) is 5.74. The van der Waals surface area contributed by atoms with E-state index < -0.39 is 39.5 Å². The lowest BCUT2D eigenvalue weighted by Crippen LogP contribution is -2.33. The monoisotopic (exact) mass is 522 g/mol. The molecule has 1 aromatic heterocycles. The van der Waals surface area contributed by atoms with Gasteiger partial charge in [0.1, 0.15) is 33.8 Å². The van der Waals surface area contributed by atoms with Crippen LogP contribution in [0, 0.1) is 11.2 Å². The van der Waals surface area contributed by atoms with Crippen molar-refractivity contribution in [2.75, 3.05) is 23.0 Å². The number of aromatic nitrogens is 1. The topological polar surface area (TPSA) is 76.6 Å². The Labute approximate surface area is 209 Å². The summed E-state index contributed by atoms with van der Waals surface area (Å²) in [5, 5.41) is 0. The predicted molar refractivity (Wildman–Crippen MR) is 131 cm³/mol. The molecule has 3 heterocycles. The molecule has 10 heteroatoms. The first-order chi connectivity index (χ1) is 16.7. The van der Waals surface area contributed by atoms with Gasteiger partial charge in [0, 0.05) is 29.8 Å². The van der Waals surface area contributed by atoms with E-state index in [0.717, 1.165) is 0 Å². The molecule has 6 nitrogen and oxygen atoms in total. The second-order valence-electron chi connectivity index (χ2n) is 10.4. The van der Waals surface area contributed by atoms with Gasteiger partial charge in [-0.3, -0.25) is 9.69 Å². The third-order valence-corrected chi connectivity index (χ3v) is 8.89. The molecule has 0 radical (unpaired) electrons. The lowest BCUT2D eigenvalue weighted by Gasteiger charge is -2.32. The molecule has 2 aromatic rings. The molecule has 1 fully saturated rings. The van der Waals surface area contributed by atoms with E-state index in [1.807, 2.05) is 20.8 Å². The minimum Gasteiger partial charge on any atom is -0.487 e. The van der Waals surface area contributed by atoms with Crippen LogP contribution < -0.4 is 9.64 Å². The molecule has 194 valence electrons. The number of pyridine rings is 1. The van der Waals surface area contributed by atoms with Gasteiger partial charge in [0.25, 0.3) is 6.43 Å². The summed E-state index contributed by atoms with van der Waals surface area (Å²) in [6.45, 7) is 9.06. The highest BCUT2D eigenvalue weighted by atomic mass is 32.2. The third kappa shape index (κ3) is 5.00. The molecule has 1 aromatic carbocycles. The molecule has 0 saturated carbocycles. The van der Waals surface area contributed by atoms with Gasteiger partial charge in [-0.2, -0.15) is 0 Å². The molecular formula is C26H29F3N2O4S. The number of ether oxygens (including phenoxy) is 1. The number of carbonyl (C=O) groups excluding carboxylic acids is 1. The molecular weight excluding hydrogens is 493 g/mol. The number of hydrogen-bond acceptors (Lipinski definition) is 6. The zero-order valence-corrected chi connectivity index (χ0v) is 21.3. The highest BCUT2D eigenvalue weighted by Gasteiger charge is 2.42. The standard InChI is InChI=1S/C26H29F3N2O4S/c1-16-25(2,3)19-12-18(22(32)14-26(4)6-9-36(33,34)10-7-26)20(27)13-21(19)31(16)24-11-17(5-8-30-24)35-15-23(28)29/h5,8,11-13,23H,1,6-7,9-10,14-15H2,2-4H3. The van der Waals surface area contributed by atoms with Crippen molar-refractivity contribution in [2.24, 2.45) is 5.41 Å². The summed E-state index contributed by atoms with van der Waals surface area (Å²) in [5.74, 6) is -0.511. The molecule has 2 aliphatic rings. The van der Waals surface area contributed by atoms with Crippen LogP contribution in [-0.4, -0.2) is 43.7 Å². The van der Waals surface area contributed by atoms with E-state index in [4.69, 9.17) is 4.74 Å². The minimum atomic E-state index is -3.09. The van der Waals surface area contributed by atoms with Gasteiger partial charge in [-0.05, 0) is 42.0 Å². The fraction of sp³-hybridized carbons (Fsp3) is 0.462. The molecule has 0 amide bonds. The fourth-order valence-electron chi connectivity index (χ4n) is 4.77. The summed E-state index contributed by atoms with van der Waals surface area (Å²) in [6.07, 6.45) is -0.450. The molecule has 0 spiro atoms. The Balaban J connectivity index is 1.66. The predicted octanol–water partition coefficient (Wildman–Crippen LogP) is 5.60. The fourth-order valence-corrected chi connectivity index (χ4v) is 6.58. The first-order valence-electron chi connectivity index (χ1n) is 11.7. The maximum atomic E-state index is 15.4. The number of alkyl halides is 2. The first kappa shape index (κ1) is 26.2. The first-order valence-corrected chi connectivity index (χ1v) is 13.5. The second kappa shape index (κ2) is 9.21. The van der Waals surface area contributed by atoms with Crippen LogP contribution in [0.25, 0.3) is 0 Å². The SMILES string of the molecule is C=C1N(c2cc(OCC(F)F)ccn2)c2cc(F)c(C(=O)CC3(C)CCS(=O)(=O)CC3)cc2C1(C)C. The number of benzene rings is 1. The van der Waals surface area contributed by atoms with E-state index in [9.17, 15) is 22.0 Å². The van der Waals surface area contributed by atoms with Gasteiger partial charge in [-0.1, -0.05) is 27.4 Å². The number of allylic oxidation sites excluding steroid dienone is 1. The van der Waals surface area contributed by atoms with Crippen LogP contribution in [-0.2, 0) is 15.3 Å². The van der Waals surface area contributed by atoms with Gasteiger partial charge in [0.15, 0.2) is 5.78 Å². The molecule has 0 unspecified atom stereocenters. The molecule has 4 rings (SSSR count). The van der Waals surface area contributed by atoms with Crippen LogP contribution in [0.3, 0.4) is 0 Å². The zero-order chi connectivity index (χ0) is 26.5. The lowest BCUT2D eigenvalue weighted by atomic mass is 9.77. The van der Waals surface area contributed by atoms with Crippen LogP contribution in [0.4, 0.5) is 24.7 Å². The van der Waals surface area contributed by atoms with Gasteiger partial charge < -0.3 is 4.74 Å². The number of anilines is 2. The molecule has 0 atom stereocenters. The molecule has 2 aliphatic heterocycles. The van der Waals surface area contributed by atoms with Crippen molar-refractivity contribution >= 4 is 27.1 Å². The van der Waals surface area contributed by atoms with E-state index in [0.29, 0.717) is 35.6 Å². The van der Waals surface area contributed by atoms with Crippen LogP contribution in [0.15, 0.2) is 42.7 Å². The second-order valence-corrected chi connectivity index (χ2v) is 12.7. The maximum absolute atomic E-state index is 15.4. The lowest BCUT2D eigenvalue weighted by molar-refractivity contribution is 0.0818. The van der Waals surface area contributed by atoms with Gasteiger partial charge in [0.05, 0.1) is 22.8 Å².